The zero-order valence-corrected chi connectivity index (χ0v) is 15.7. The Morgan fingerprint density at radius 1 is 1.43 bits per heavy atom. The lowest BCUT2D eigenvalue weighted by molar-refractivity contribution is -0.128. The van der Waals surface area contributed by atoms with E-state index in [-0.39, 0.29) is 17.5 Å². The molecule has 1 unspecified atom stereocenters. The Labute approximate surface area is 163 Å². The maximum atomic E-state index is 12.0. The number of hydrogen-bond donors (Lipinski definition) is 3. The van der Waals surface area contributed by atoms with E-state index in [0.717, 1.165) is 18.5 Å². The van der Waals surface area contributed by atoms with Crippen LogP contribution < -0.4 is 11.1 Å². The molecule has 1 aromatic heterocycles. The molecule has 142 valence electrons. The second-order valence-electron chi connectivity index (χ2n) is 6.53. The number of hydrogen-bond acceptors (Lipinski definition) is 5. The van der Waals surface area contributed by atoms with Crippen LogP contribution in [0, 0.1) is 23.2 Å². The molecular weight excluding hydrogens is 354 g/mol. The highest BCUT2D eigenvalue weighted by Gasteiger charge is 2.27. The predicted molar refractivity (Wildman–Crippen MR) is 108 cm³/mol. The molecule has 0 aliphatic carbocycles. The molecule has 0 spiro atoms. The van der Waals surface area contributed by atoms with Crippen LogP contribution in [0.1, 0.15) is 28.0 Å². The highest BCUT2D eigenvalue weighted by molar-refractivity contribution is 5.99. The number of nitrogens with one attached hydrogen (secondary N) is 2. The van der Waals surface area contributed by atoms with E-state index in [1.807, 2.05) is 24.3 Å². The smallest absolute Gasteiger partial charge is 0.267 e. The molecule has 2 heterocycles. The fourth-order valence-corrected chi connectivity index (χ4v) is 3.13. The summed E-state index contributed by atoms with van der Waals surface area (Å²) in [4.78, 5) is 29.7. The molecular formula is C21H21N5O2. The van der Waals surface area contributed by atoms with Crippen molar-refractivity contribution in [3.8, 4) is 23.1 Å². The van der Waals surface area contributed by atoms with Crippen molar-refractivity contribution in [3.05, 3.63) is 47.2 Å². The van der Waals surface area contributed by atoms with E-state index in [0.29, 0.717) is 22.5 Å². The Hall–Kier alpha value is -3.66. The summed E-state index contributed by atoms with van der Waals surface area (Å²) in [5.74, 6) is 5.23. The molecule has 1 atom stereocenters. The van der Waals surface area contributed by atoms with Gasteiger partial charge in [-0.3, -0.25) is 9.59 Å². The molecule has 0 bridgehead atoms. The lowest BCUT2D eigenvalue weighted by Crippen LogP contribution is -2.21. The number of nitrogens with zero attached hydrogens (tertiary/aromatic N) is 2. The summed E-state index contributed by atoms with van der Waals surface area (Å²) in [5.41, 5.74) is 8.56. The van der Waals surface area contributed by atoms with Crippen LogP contribution in [0.3, 0.4) is 0 Å². The summed E-state index contributed by atoms with van der Waals surface area (Å²) in [7, 11) is 3.48. The Balaban J connectivity index is 2.03. The van der Waals surface area contributed by atoms with Gasteiger partial charge in [0, 0.05) is 49.2 Å². The molecule has 28 heavy (non-hydrogen) atoms. The number of carbonyl (C=O) groups is 2. The second-order valence-corrected chi connectivity index (χ2v) is 6.53. The average molecular weight is 375 g/mol. The van der Waals surface area contributed by atoms with Crippen molar-refractivity contribution in [2.45, 2.75) is 6.42 Å². The Morgan fingerprint density at radius 2 is 2.21 bits per heavy atom. The molecule has 7 nitrogen and oxygen atoms in total. The number of likely N-dealkylation sites (tertiary alicyclic amines) is 1. The monoisotopic (exact) mass is 375 g/mol. The van der Waals surface area contributed by atoms with Crippen molar-refractivity contribution >= 4 is 23.7 Å². The number of pyridine rings is 1. The predicted octanol–water partition coefficient (Wildman–Crippen LogP) is 1.72. The molecule has 0 saturated carbocycles. The average Bonchev–Trinajstić information content (AvgIpc) is 3.03. The van der Waals surface area contributed by atoms with Gasteiger partial charge < -0.3 is 21.4 Å². The van der Waals surface area contributed by atoms with Gasteiger partial charge in [0.05, 0.1) is 5.69 Å². The first-order valence-corrected chi connectivity index (χ1v) is 8.84. The third-order valence-corrected chi connectivity index (χ3v) is 4.68. The molecule has 1 saturated heterocycles. The zero-order valence-electron chi connectivity index (χ0n) is 15.7. The van der Waals surface area contributed by atoms with Crippen LogP contribution >= 0.6 is 0 Å². The van der Waals surface area contributed by atoms with E-state index < -0.39 is 5.91 Å². The fourth-order valence-electron chi connectivity index (χ4n) is 3.13. The molecule has 0 radical (unpaired) electrons. The van der Waals surface area contributed by atoms with Gasteiger partial charge >= 0.3 is 0 Å². The van der Waals surface area contributed by atoms with Crippen LogP contribution in [-0.4, -0.2) is 48.6 Å². The highest BCUT2D eigenvalue weighted by Crippen LogP contribution is 2.27. The van der Waals surface area contributed by atoms with Gasteiger partial charge in [-0.2, -0.15) is 0 Å². The fraction of sp³-hybridized carbons (Fsp3) is 0.238. The van der Waals surface area contributed by atoms with E-state index in [9.17, 15) is 9.59 Å². The van der Waals surface area contributed by atoms with Crippen LogP contribution in [0.5, 0.6) is 0 Å². The van der Waals surface area contributed by atoms with E-state index in [4.69, 9.17) is 11.1 Å². The lowest BCUT2D eigenvalue weighted by atomic mass is 10.0. The molecule has 2 amide bonds. The summed E-state index contributed by atoms with van der Waals surface area (Å²) in [5, 5.41) is 10.7. The first kappa shape index (κ1) is 19.1. The van der Waals surface area contributed by atoms with Gasteiger partial charge in [-0.15, -0.1) is 0 Å². The van der Waals surface area contributed by atoms with Gasteiger partial charge in [0.15, 0.2) is 0 Å². The number of amides is 2. The van der Waals surface area contributed by atoms with Crippen LogP contribution in [0.2, 0.25) is 0 Å². The van der Waals surface area contributed by atoms with Crippen LogP contribution in [0.15, 0.2) is 30.3 Å². The summed E-state index contributed by atoms with van der Waals surface area (Å²) in [6, 6.07) is 8.86. The molecule has 2 aromatic rings. The van der Waals surface area contributed by atoms with Crippen molar-refractivity contribution in [2.24, 2.45) is 11.7 Å². The summed E-state index contributed by atoms with van der Waals surface area (Å²) < 4.78 is 0. The molecule has 1 fully saturated rings. The quantitative estimate of drug-likeness (QED) is 0.558. The number of primary amides is 1. The zero-order chi connectivity index (χ0) is 20.3. The summed E-state index contributed by atoms with van der Waals surface area (Å²) in [6.45, 7) is 0.720. The second kappa shape index (κ2) is 7.92. The number of benzene rings is 1. The van der Waals surface area contributed by atoms with E-state index in [1.54, 1.807) is 19.0 Å². The molecule has 1 aliphatic rings. The minimum atomic E-state index is -0.644. The summed E-state index contributed by atoms with van der Waals surface area (Å²) in [6.07, 6.45) is 1.91. The minimum Gasteiger partial charge on any atom is -0.387 e. The first-order valence-electron chi connectivity index (χ1n) is 8.84. The van der Waals surface area contributed by atoms with E-state index in [2.05, 4.69) is 22.1 Å². The normalized spacial score (nSPS) is 15.7. The van der Waals surface area contributed by atoms with Crippen molar-refractivity contribution in [3.63, 3.8) is 0 Å². The largest absolute Gasteiger partial charge is 0.387 e. The van der Waals surface area contributed by atoms with Crippen molar-refractivity contribution in [1.29, 1.82) is 5.41 Å². The van der Waals surface area contributed by atoms with Crippen LogP contribution in [0.4, 0.5) is 5.69 Å². The minimum absolute atomic E-state index is 0.0456. The van der Waals surface area contributed by atoms with Gasteiger partial charge in [-0.25, -0.2) is 4.98 Å². The van der Waals surface area contributed by atoms with Crippen LogP contribution in [0.25, 0.3) is 11.3 Å². The topological polar surface area (TPSA) is 112 Å². The van der Waals surface area contributed by atoms with Gasteiger partial charge in [0.2, 0.25) is 5.91 Å². The Bertz CT molecular complexity index is 1020. The number of nitrogens with two attached hydrogens (primary N) is 1. The highest BCUT2D eigenvalue weighted by atomic mass is 16.2. The third-order valence-electron chi connectivity index (χ3n) is 4.68. The number of anilines is 1. The van der Waals surface area contributed by atoms with Crippen molar-refractivity contribution in [1.82, 2.24) is 9.88 Å². The van der Waals surface area contributed by atoms with Gasteiger partial charge in [-0.05, 0) is 24.6 Å². The van der Waals surface area contributed by atoms with Crippen molar-refractivity contribution in [2.75, 3.05) is 26.0 Å². The molecule has 1 aliphatic heterocycles. The van der Waals surface area contributed by atoms with Gasteiger partial charge in [0.25, 0.3) is 5.91 Å². The number of aromatic nitrogens is 1. The van der Waals surface area contributed by atoms with E-state index in [1.165, 1.54) is 12.3 Å². The van der Waals surface area contributed by atoms with E-state index >= 15 is 0 Å². The molecule has 1 aromatic carbocycles. The number of carbonyl (C=O) groups excluding carboxylic acids is 2. The Morgan fingerprint density at radius 3 is 2.82 bits per heavy atom. The Kier molecular flexibility index (Phi) is 5.41. The molecule has 3 rings (SSSR count). The maximum absolute atomic E-state index is 12.0. The SMILES string of the molecule is CNc1cc(C(N)=O)nc(-c2cccc(C#CC3CCN(C)C3=O)c2)c1C=N. The molecule has 7 heteroatoms. The van der Waals surface area contributed by atoms with Crippen LogP contribution in [-0.2, 0) is 4.79 Å². The summed E-state index contributed by atoms with van der Waals surface area (Å²) >= 11 is 0. The van der Waals surface area contributed by atoms with Gasteiger partial charge in [0.1, 0.15) is 11.6 Å². The lowest BCUT2D eigenvalue weighted by Gasteiger charge is -2.12. The first-order chi connectivity index (χ1) is 13.4. The third kappa shape index (κ3) is 3.71. The maximum Gasteiger partial charge on any atom is 0.267 e. The standard InChI is InChI=1S/C21H21N5O2/c1-24-17-11-18(20(23)27)25-19(16(17)12-22)15-5-3-4-13(10-15)6-7-14-8-9-26(2)21(14)28/h3-5,10-12,14,22H,8-9H2,1-2H3,(H2,23,27)(H,24,25). The van der Waals surface area contributed by atoms with Gasteiger partial charge in [-0.1, -0.05) is 24.0 Å². The van der Waals surface area contributed by atoms with Crippen molar-refractivity contribution < 1.29 is 9.59 Å². The number of rotatable bonds is 4. The molecule has 4 N–H and O–H groups in total.